The lowest BCUT2D eigenvalue weighted by molar-refractivity contribution is -0.139. The van der Waals surface area contributed by atoms with E-state index in [0.29, 0.717) is 17.1 Å². The molecule has 0 heterocycles. The van der Waals surface area contributed by atoms with Gasteiger partial charge in [-0.25, -0.2) is 5.43 Å². The SMILES string of the molecule is CCCNC(=O)C(=O)N/N=C\c1cc(Br)ccc1Nc1cccc(Cl)c1. The summed E-state index contributed by atoms with van der Waals surface area (Å²) in [5.41, 5.74) is 4.51. The van der Waals surface area contributed by atoms with Gasteiger partial charge in [0.2, 0.25) is 0 Å². The van der Waals surface area contributed by atoms with Crippen LogP contribution in [0.1, 0.15) is 18.9 Å². The summed E-state index contributed by atoms with van der Waals surface area (Å²) in [5.74, 6) is -1.52. The number of carbonyl (C=O) groups is 2. The van der Waals surface area contributed by atoms with Gasteiger partial charge in [0, 0.05) is 33.0 Å². The van der Waals surface area contributed by atoms with Crippen LogP contribution in [0.5, 0.6) is 0 Å². The Morgan fingerprint density at radius 1 is 1.19 bits per heavy atom. The number of amides is 2. The number of hydrogen-bond donors (Lipinski definition) is 3. The van der Waals surface area contributed by atoms with Gasteiger partial charge in [0.1, 0.15) is 0 Å². The van der Waals surface area contributed by atoms with Crippen molar-refractivity contribution >= 4 is 56.9 Å². The number of anilines is 2. The molecule has 0 aromatic heterocycles. The standard InChI is InChI=1S/C18H18BrClN4O2/c1-2-8-21-17(25)18(26)24-22-11-12-9-13(19)6-7-16(12)23-15-5-3-4-14(20)10-15/h3-7,9-11,23H,2,8H2,1H3,(H,21,25)(H,24,26)/b22-11-. The van der Waals surface area contributed by atoms with Crippen LogP contribution in [0.15, 0.2) is 52.0 Å². The third-order valence-corrected chi connectivity index (χ3v) is 3.96. The summed E-state index contributed by atoms with van der Waals surface area (Å²) in [6, 6.07) is 12.9. The average molecular weight is 438 g/mol. The predicted molar refractivity (Wildman–Crippen MR) is 108 cm³/mol. The fraction of sp³-hybridized carbons (Fsp3) is 0.167. The molecule has 2 amide bonds. The van der Waals surface area contributed by atoms with Crippen LogP contribution < -0.4 is 16.1 Å². The topological polar surface area (TPSA) is 82.6 Å². The molecule has 0 bridgehead atoms. The van der Waals surface area contributed by atoms with E-state index >= 15 is 0 Å². The van der Waals surface area contributed by atoms with Gasteiger partial charge in [-0.3, -0.25) is 9.59 Å². The zero-order valence-electron chi connectivity index (χ0n) is 14.1. The van der Waals surface area contributed by atoms with Gasteiger partial charge in [0.15, 0.2) is 0 Å². The first-order valence-corrected chi connectivity index (χ1v) is 9.10. The molecule has 0 fully saturated rings. The smallest absolute Gasteiger partial charge is 0.329 e. The van der Waals surface area contributed by atoms with Gasteiger partial charge in [-0.2, -0.15) is 5.10 Å². The molecule has 6 nitrogen and oxygen atoms in total. The number of nitrogens with one attached hydrogen (secondary N) is 3. The lowest BCUT2D eigenvalue weighted by atomic mass is 10.2. The lowest BCUT2D eigenvalue weighted by Crippen LogP contribution is -2.38. The molecule has 8 heteroatoms. The van der Waals surface area contributed by atoms with Gasteiger partial charge in [0.25, 0.3) is 0 Å². The maximum atomic E-state index is 11.6. The summed E-state index contributed by atoms with van der Waals surface area (Å²) in [6.45, 7) is 2.34. The molecule has 2 aromatic carbocycles. The van der Waals surface area contributed by atoms with E-state index in [1.165, 1.54) is 6.21 Å². The Kier molecular flexibility index (Phi) is 7.62. The molecule has 0 aliphatic rings. The summed E-state index contributed by atoms with van der Waals surface area (Å²) < 4.78 is 0.850. The van der Waals surface area contributed by atoms with E-state index in [2.05, 4.69) is 37.1 Å². The first-order chi connectivity index (χ1) is 12.5. The molecule has 2 aromatic rings. The highest BCUT2D eigenvalue weighted by Gasteiger charge is 2.11. The largest absolute Gasteiger partial charge is 0.355 e. The number of benzene rings is 2. The monoisotopic (exact) mass is 436 g/mol. The van der Waals surface area contributed by atoms with Crippen molar-refractivity contribution in [3.63, 3.8) is 0 Å². The molecule has 0 saturated carbocycles. The molecule has 3 N–H and O–H groups in total. The Bertz CT molecular complexity index is 827. The second-order valence-electron chi connectivity index (χ2n) is 5.32. The number of halogens is 2. The lowest BCUT2D eigenvalue weighted by Gasteiger charge is -2.10. The van der Waals surface area contributed by atoms with Gasteiger partial charge in [-0.15, -0.1) is 0 Å². The first-order valence-electron chi connectivity index (χ1n) is 7.93. The summed E-state index contributed by atoms with van der Waals surface area (Å²) in [5, 5.41) is 10.2. The number of hydrogen-bond acceptors (Lipinski definition) is 4. The van der Waals surface area contributed by atoms with Gasteiger partial charge in [0.05, 0.1) is 6.21 Å². The molecule has 0 unspecified atom stereocenters. The third-order valence-electron chi connectivity index (χ3n) is 3.23. The van der Waals surface area contributed by atoms with Crippen LogP contribution in [-0.4, -0.2) is 24.6 Å². The Morgan fingerprint density at radius 3 is 2.73 bits per heavy atom. The van der Waals surface area contributed by atoms with E-state index in [1.54, 1.807) is 12.1 Å². The quantitative estimate of drug-likeness (QED) is 0.365. The summed E-state index contributed by atoms with van der Waals surface area (Å²) in [6.07, 6.45) is 2.21. The first kappa shape index (κ1) is 19.9. The second-order valence-corrected chi connectivity index (χ2v) is 6.67. The van der Waals surface area contributed by atoms with Crippen molar-refractivity contribution in [2.75, 3.05) is 11.9 Å². The van der Waals surface area contributed by atoms with Gasteiger partial charge in [-0.05, 0) is 42.8 Å². The number of rotatable bonds is 6. The van der Waals surface area contributed by atoms with Crippen molar-refractivity contribution in [3.8, 4) is 0 Å². The van der Waals surface area contributed by atoms with E-state index < -0.39 is 11.8 Å². The van der Waals surface area contributed by atoms with Crippen LogP contribution >= 0.6 is 27.5 Å². The Balaban J connectivity index is 2.09. The Morgan fingerprint density at radius 2 is 2.00 bits per heavy atom. The molecule has 0 aliphatic carbocycles. The minimum atomic E-state index is -0.811. The molecule has 136 valence electrons. The van der Waals surface area contributed by atoms with Crippen LogP contribution in [0.2, 0.25) is 5.02 Å². The molecule has 0 radical (unpaired) electrons. The maximum absolute atomic E-state index is 11.6. The van der Waals surface area contributed by atoms with Gasteiger partial charge < -0.3 is 10.6 Å². The molecule has 26 heavy (non-hydrogen) atoms. The van der Waals surface area contributed by atoms with Crippen LogP contribution in [0.3, 0.4) is 0 Å². The van der Waals surface area contributed by atoms with Crippen molar-refractivity contribution in [3.05, 3.63) is 57.5 Å². The third kappa shape index (κ3) is 6.16. The number of nitrogens with zero attached hydrogens (tertiary/aromatic N) is 1. The van der Waals surface area contributed by atoms with E-state index in [-0.39, 0.29) is 0 Å². The van der Waals surface area contributed by atoms with Crippen molar-refractivity contribution in [2.24, 2.45) is 5.10 Å². The summed E-state index contributed by atoms with van der Waals surface area (Å²) >= 11 is 9.41. The van der Waals surface area contributed by atoms with Crippen LogP contribution in [0.25, 0.3) is 0 Å². The van der Waals surface area contributed by atoms with Gasteiger partial charge >= 0.3 is 11.8 Å². The highest BCUT2D eigenvalue weighted by atomic mass is 79.9. The molecule has 0 spiro atoms. The van der Waals surface area contributed by atoms with E-state index in [0.717, 1.165) is 22.3 Å². The van der Waals surface area contributed by atoms with Crippen molar-refractivity contribution in [1.82, 2.24) is 10.7 Å². The maximum Gasteiger partial charge on any atom is 0.329 e. The second kappa shape index (κ2) is 9.94. The fourth-order valence-electron chi connectivity index (χ4n) is 2.01. The van der Waals surface area contributed by atoms with E-state index in [1.807, 2.05) is 37.3 Å². The highest BCUT2D eigenvalue weighted by molar-refractivity contribution is 9.10. The predicted octanol–water partition coefficient (Wildman–Crippen LogP) is 3.82. The summed E-state index contributed by atoms with van der Waals surface area (Å²) in [4.78, 5) is 23.2. The zero-order chi connectivity index (χ0) is 18.9. The summed E-state index contributed by atoms with van der Waals surface area (Å²) in [7, 11) is 0. The minimum absolute atomic E-state index is 0.440. The number of hydrazone groups is 1. The molecular weight excluding hydrogens is 420 g/mol. The zero-order valence-corrected chi connectivity index (χ0v) is 16.4. The minimum Gasteiger partial charge on any atom is -0.355 e. The normalized spacial score (nSPS) is 10.6. The van der Waals surface area contributed by atoms with Crippen molar-refractivity contribution in [1.29, 1.82) is 0 Å². The van der Waals surface area contributed by atoms with Crippen LogP contribution in [0.4, 0.5) is 11.4 Å². The Labute approximate surface area is 165 Å². The molecule has 0 aliphatic heterocycles. The molecule has 0 atom stereocenters. The van der Waals surface area contributed by atoms with Gasteiger partial charge in [-0.1, -0.05) is 40.5 Å². The van der Waals surface area contributed by atoms with Crippen LogP contribution in [0, 0.1) is 0 Å². The van der Waals surface area contributed by atoms with E-state index in [4.69, 9.17) is 11.6 Å². The Hall–Kier alpha value is -2.38. The van der Waals surface area contributed by atoms with E-state index in [9.17, 15) is 9.59 Å². The van der Waals surface area contributed by atoms with Crippen molar-refractivity contribution in [2.45, 2.75) is 13.3 Å². The van der Waals surface area contributed by atoms with Crippen LogP contribution in [-0.2, 0) is 9.59 Å². The fourth-order valence-corrected chi connectivity index (χ4v) is 2.58. The molecule has 2 rings (SSSR count). The number of carbonyl (C=O) groups excluding carboxylic acids is 2. The molecule has 0 saturated heterocycles. The highest BCUT2D eigenvalue weighted by Crippen LogP contribution is 2.25. The average Bonchev–Trinajstić information content (AvgIpc) is 2.61. The molecular formula is C18H18BrClN4O2. The van der Waals surface area contributed by atoms with Crippen molar-refractivity contribution < 1.29 is 9.59 Å².